The summed E-state index contributed by atoms with van der Waals surface area (Å²) in [5, 5.41) is 0. The van der Waals surface area contributed by atoms with E-state index in [0.29, 0.717) is 18.2 Å². The molecule has 0 aliphatic carbocycles. The van der Waals surface area contributed by atoms with Crippen LogP contribution in [0.1, 0.15) is 13.3 Å². The van der Waals surface area contributed by atoms with Gasteiger partial charge in [0.25, 0.3) is 0 Å². The molecule has 1 atom stereocenters. The Bertz CT molecular complexity index is 74.6. The zero-order valence-electron chi connectivity index (χ0n) is 4.28. The zero-order chi connectivity index (χ0) is 5.70. The van der Waals surface area contributed by atoms with Crippen LogP contribution in [0.3, 0.4) is 0 Å². The summed E-state index contributed by atoms with van der Waals surface area (Å²) in [5.74, 6) is 0.842. The second kappa shape index (κ2) is 4.20. The van der Waals surface area contributed by atoms with Crippen LogP contribution < -0.4 is 0 Å². The van der Waals surface area contributed by atoms with Crippen LogP contribution in [0, 0.1) is 12.1 Å². The fourth-order valence-electron chi connectivity index (χ4n) is 0.197. The molecule has 0 radical (unpaired) electrons. The van der Waals surface area contributed by atoms with E-state index in [2.05, 4.69) is 0 Å². The van der Waals surface area contributed by atoms with E-state index in [9.17, 15) is 4.65 Å². The van der Waals surface area contributed by atoms with Gasteiger partial charge in [-0.3, -0.25) is 0 Å². The van der Waals surface area contributed by atoms with E-state index in [1.165, 1.54) is 0 Å². The van der Waals surface area contributed by atoms with Gasteiger partial charge in [0.15, 0.2) is 0 Å². The van der Waals surface area contributed by atoms with E-state index >= 15 is 0 Å². The molecular formula is C5H8ClO+. The van der Waals surface area contributed by atoms with Crippen LogP contribution in [-0.4, -0.2) is 5.88 Å². The Kier molecular flexibility index (Phi) is 4.21. The molecule has 0 aromatic carbocycles. The zero-order valence-corrected chi connectivity index (χ0v) is 5.03. The van der Waals surface area contributed by atoms with Gasteiger partial charge < -0.3 is 0 Å². The van der Waals surface area contributed by atoms with E-state index in [0.717, 1.165) is 0 Å². The Morgan fingerprint density at radius 3 is 2.57 bits per heavy atom. The molecule has 0 fully saturated rings. The summed E-state index contributed by atoms with van der Waals surface area (Å²) in [6.45, 7) is 1.91. The summed E-state index contributed by atoms with van der Waals surface area (Å²) in [6.07, 6.45) is 2.25. The average Bonchev–Trinajstić information content (AvgIpc) is 1.68. The Labute approximate surface area is 48.4 Å². The maximum absolute atomic E-state index is 9.59. The van der Waals surface area contributed by atoms with E-state index in [1.54, 1.807) is 6.15 Å². The first-order valence-corrected chi connectivity index (χ1v) is 2.75. The second-order valence-electron chi connectivity index (χ2n) is 1.61. The van der Waals surface area contributed by atoms with Crippen LogP contribution in [0.4, 0.5) is 0 Å². The van der Waals surface area contributed by atoms with Gasteiger partial charge in [0.1, 0.15) is 0 Å². The summed E-state index contributed by atoms with van der Waals surface area (Å²) in [5.41, 5.74) is 0. The monoisotopic (exact) mass is 119 g/mol. The molecule has 40 valence electrons. The molecule has 1 unspecified atom stereocenters. The van der Waals surface area contributed by atoms with Crippen LogP contribution in [0.15, 0.2) is 0 Å². The topological polar surface area (TPSA) is 19.9 Å². The normalized spacial score (nSPS) is 12.7. The number of hydrogen-bond acceptors (Lipinski definition) is 0. The molecule has 0 saturated carbocycles. The second-order valence-corrected chi connectivity index (χ2v) is 1.92. The predicted molar refractivity (Wildman–Crippen MR) is 29.1 cm³/mol. The van der Waals surface area contributed by atoms with E-state index < -0.39 is 0 Å². The minimum absolute atomic E-state index is 0.291. The van der Waals surface area contributed by atoms with Crippen LogP contribution in [-0.2, 0) is 4.65 Å². The van der Waals surface area contributed by atoms with Crippen molar-refractivity contribution in [3.05, 3.63) is 0 Å². The molecule has 0 spiro atoms. The van der Waals surface area contributed by atoms with Gasteiger partial charge in [0.05, 0.1) is 0 Å². The van der Waals surface area contributed by atoms with Crippen LogP contribution >= 0.6 is 11.6 Å². The molecule has 0 amide bonds. The minimum atomic E-state index is 0.291. The number of halogens is 1. The van der Waals surface area contributed by atoms with Crippen LogP contribution in [0.2, 0.25) is 0 Å². The van der Waals surface area contributed by atoms with Crippen molar-refractivity contribution in [1.82, 2.24) is 0 Å². The van der Waals surface area contributed by atoms with Crippen molar-refractivity contribution in [2.45, 2.75) is 13.3 Å². The first-order valence-electron chi connectivity index (χ1n) is 2.22. The molecule has 0 heterocycles. The fraction of sp³-hybridized carbons (Fsp3) is 0.800. The molecule has 0 bridgehead atoms. The van der Waals surface area contributed by atoms with Crippen molar-refractivity contribution in [2.24, 2.45) is 5.92 Å². The summed E-state index contributed by atoms with van der Waals surface area (Å²) in [6, 6.07) is 0. The van der Waals surface area contributed by atoms with Crippen LogP contribution in [0.5, 0.6) is 0 Å². The molecule has 2 heteroatoms. The van der Waals surface area contributed by atoms with E-state index in [-0.39, 0.29) is 0 Å². The predicted octanol–water partition coefficient (Wildman–Crippen LogP) is 1.64. The van der Waals surface area contributed by atoms with Crippen molar-refractivity contribution in [3.8, 4) is 6.15 Å². The van der Waals surface area contributed by atoms with E-state index in [4.69, 9.17) is 11.6 Å². The van der Waals surface area contributed by atoms with Crippen molar-refractivity contribution >= 4 is 11.6 Å². The summed E-state index contributed by atoms with van der Waals surface area (Å²) in [4.78, 5) is 0. The molecule has 0 saturated heterocycles. The van der Waals surface area contributed by atoms with Gasteiger partial charge in [-0.1, -0.05) is 0 Å². The molecule has 0 aliphatic rings. The molecule has 1 nitrogen and oxygen atoms in total. The molecule has 0 rings (SSSR count). The van der Waals surface area contributed by atoms with Gasteiger partial charge in [-0.2, -0.15) is 0 Å². The number of alkyl halides is 1. The molecule has 0 aromatic rings. The molecular weight excluding hydrogens is 112 g/mol. The van der Waals surface area contributed by atoms with E-state index in [1.807, 2.05) is 6.92 Å². The third-order valence-corrected chi connectivity index (χ3v) is 1.22. The van der Waals surface area contributed by atoms with Crippen molar-refractivity contribution < 1.29 is 4.65 Å². The van der Waals surface area contributed by atoms with Crippen molar-refractivity contribution in [1.29, 1.82) is 0 Å². The summed E-state index contributed by atoms with van der Waals surface area (Å²) < 4.78 is 9.59. The Morgan fingerprint density at radius 2 is 2.43 bits per heavy atom. The molecule has 0 aromatic heterocycles. The quantitative estimate of drug-likeness (QED) is 0.389. The maximum atomic E-state index is 9.59. The molecule has 0 aliphatic heterocycles. The Morgan fingerprint density at radius 1 is 1.86 bits per heavy atom. The van der Waals surface area contributed by atoms with Gasteiger partial charge >= 0.3 is 47.5 Å². The van der Waals surface area contributed by atoms with Crippen LogP contribution in [0.25, 0.3) is 0 Å². The number of hydrogen-bond donors (Lipinski definition) is 0. The van der Waals surface area contributed by atoms with Crippen molar-refractivity contribution in [2.75, 3.05) is 5.88 Å². The van der Waals surface area contributed by atoms with Gasteiger partial charge in [-0.25, -0.2) is 0 Å². The Hall–Kier alpha value is 0.0300. The van der Waals surface area contributed by atoms with Gasteiger partial charge in [0.2, 0.25) is 0 Å². The standard InChI is InChI=1S/C5H8ClO/c1-5(4-6)2-3-7/h5H,2,4H2,1H3/q+1. The fourth-order valence-corrected chi connectivity index (χ4v) is 0.306. The van der Waals surface area contributed by atoms with Gasteiger partial charge in [0, 0.05) is 0 Å². The third-order valence-electron chi connectivity index (χ3n) is 0.695. The average molecular weight is 120 g/mol. The molecule has 0 N–H and O–H groups in total. The van der Waals surface area contributed by atoms with Gasteiger partial charge in [-0.15, -0.1) is 0 Å². The van der Waals surface area contributed by atoms with Gasteiger partial charge in [-0.05, 0) is 0 Å². The van der Waals surface area contributed by atoms with Crippen molar-refractivity contribution in [3.63, 3.8) is 0 Å². The Balaban J connectivity index is 3.03. The number of rotatable bonds is 2. The first-order chi connectivity index (χ1) is 3.31. The third kappa shape index (κ3) is 3.87. The molecule has 7 heavy (non-hydrogen) atoms. The SMILES string of the molecule is CC(CCl)CC#[O+]. The first kappa shape index (κ1) is 7.03. The summed E-state index contributed by atoms with van der Waals surface area (Å²) >= 11 is 5.35. The summed E-state index contributed by atoms with van der Waals surface area (Å²) in [7, 11) is 0.